The van der Waals surface area contributed by atoms with Gasteiger partial charge in [0.2, 0.25) is 0 Å². The lowest BCUT2D eigenvalue weighted by molar-refractivity contribution is -0.161. The Morgan fingerprint density at radius 3 is 0.901 bits per heavy atom. The van der Waals surface area contributed by atoms with E-state index in [0.717, 1.165) is 127 Å². The molecule has 0 rings (SSSR count). The van der Waals surface area contributed by atoms with E-state index in [-0.39, 0.29) is 25.7 Å². The predicted molar refractivity (Wildman–Crippen MR) is 367 cm³/mol. The number of rotatable bonds is 69. The summed E-state index contributed by atoms with van der Waals surface area (Å²) < 4.78 is 68.2. The molecule has 0 fully saturated rings. The van der Waals surface area contributed by atoms with Gasteiger partial charge < -0.3 is 33.8 Å². The fraction of sp³-hybridized carbons (Fsp3) is 0.889. The molecular weight excluding hydrogens is 1200 g/mol. The van der Waals surface area contributed by atoms with Crippen molar-refractivity contribution in [2.45, 2.75) is 362 Å². The van der Waals surface area contributed by atoms with Gasteiger partial charge in [-0.2, -0.15) is 0 Å². The third kappa shape index (κ3) is 66.0. The molecule has 0 bridgehead atoms. The zero-order chi connectivity index (χ0) is 67.2. The summed E-state index contributed by atoms with van der Waals surface area (Å²) >= 11 is 0. The Morgan fingerprint density at radius 1 is 0.341 bits per heavy atom. The Hall–Kier alpha value is -2.46. The van der Waals surface area contributed by atoms with Gasteiger partial charge in [-0.1, -0.05) is 291 Å². The van der Waals surface area contributed by atoms with E-state index in [1.807, 2.05) is 0 Å². The number of carbonyl (C=O) groups excluding carboxylic acids is 4. The molecule has 3 N–H and O–H groups in total. The minimum Gasteiger partial charge on any atom is -0.462 e. The Kier molecular flexibility index (Phi) is 61.9. The lowest BCUT2D eigenvalue weighted by Gasteiger charge is -2.21. The molecule has 17 nitrogen and oxygen atoms in total. The Morgan fingerprint density at radius 2 is 0.593 bits per heavy atom. The van der Waals surface area contributed by atoms with Gasteiger partial charge in [0.1, 0.15) is 19.3 Å². The van der Waals surface area contributed by atoms with Crippen LogP contribution < -0.4 is 0 Å². The molecule has 0 aromatic rings. The number of hydrogen-bond donors (Lipinski definition) is 3. The summed E-state index contributed by atoms with van der Waals surface area (Å²) in [5.74, 6) is -0.612. The molecule has 2 unspecified atom stereocenters. The van der Waals surface area contributed by atoms with Crippen LogP contribution in [0.4, 0.5) is 0 Å². The summed E-state index contributed by atoms with van der Waals surface area (Å²) in [5, 5.41) is 10.6. The lowest BCUT2D eigenvalue weighted by atomic mass is 10.0. The van der Waals surface area contributed by atoms with Crippen LogP contribution in [-0.4, -0.2) is 96.7 Å². The normalized spacial score (nSPS) is 14.3. The van der Waals surface area contributed by atoms with Crippen molar-refractivity contribution in [2.24, 2.45) is 11.8 Å². The van der Waals surface area contributed by atoms with Crippen molar-refractivity contribution in [1.29, 1.82) is 0 Å². The number of ether oxygens (including phenoxy) is 4. The second-order valence-corrected chi connectivity index (χ2v) is 29.2. The van der Waals surface area contributed by atoms with Crippen LogP contribution in [0.15, 0.2) is 24.3 Å². The van der Waals surface area contributed by atoms with Crippen LogP contribution in [0.1, 0.15) is 343 Å². The van der Waals surface area contributed by atoms with Crippen molar-refractivity contribution in [3.05, 3.63) is 24.3 Å². The number of aliphatic hydroxyl groups is 1. The maximum Gasteiger partial charge on any atom is 0.472 e. The first-order chi connectivity index (χ1) is 43.9. The molecule has 0 radical (unpaired) electrons. The molecule has 19 heteroatoms. The molecule has 0 aliphatic heterocycles. The average molecular weight is 1340 g/mol. The van der Waals surface area contributed by atoms with Gasteiger partial charge in [0.05, 0.1) is 26.4 Å². The molecule has 0 aliphatic rings. The number of esters is 4. The maximum absolute atomic E-state index is 13.0. The number of phosphoric ester groups is 2. The topological polar surface area (TPSA) is 237 Å². The highest BCUT2D eigenvalue weighted by molar-refractivity contribution is 7.47. The second-order valence-electron chi connectivity index (χ2n) is 26.2. The number of hydrogen-bond acceptors (Lipinski definition) is 15. The Labute approximate surface area is 554 Å². The quantitative estimate of drug-likeness (QED) is 0.0169. The Bertz CT molecular complexity index is 1860. The number of allylic oxidation sites excluding steroid dienone is 4. The van der Waals surface area contributed by atoms with Gasteiger partial charge in [0.25, 0.3) is 0 Å². The molecule has 536 valence electrons. The molecule has 91 heavy (non-hydrogen) atoms. The highest BCUT2D eigenvalue weighted by Crippen LogP contribution is 2.45. The first-order valence-electron chi connectivity index (χ1n) is 36.8. The van der Waals surface area contributed by atoms with E-state index in [1.54, 1.807) is 0 Å². The third-order valence-corrected chi connectivity index (χ3v) is 18.0. The van der Waals surface area contributed by atoms with E-state index >= 15 is 0 Å². The summed E-state index contributed by atoms with van der Waals surface area (Å²) in [6.07, 6.45) is 52.2. The highest BCUT2D eigenvalue weighted by atomic mass is 31.2. The second kappa shape index (κ2) is 63.6. The van der Waals surface area contributed by atoms with E-state index in [9.17, 15) is 43.2 Å². The fourth-order valence-electron chi connectivity index (χ4n) is 10.4. The maximum atomic E-state index is 13.0. The fourth-order valence-corrected chi connectivity index (χ4v) is 12.0. The van der Waals surface area contributed by atoms with Crippen LogP contribution in [0.3, 0.4) is 0 Å². The van der Waals surface area contributed by atoms with Gasteiger partial charge in [-0.05, 0) is 63.2 Å². The largest absolute Gasteiger partial charge is 0.472 e. The van der Waals surface area contributed by atoms with Gasteiger partial charge in [-0.25, -0.2) is 9.13 Å². The average Bonchev–Trinajstić information content (AvgIpc) is 3.15. The first-order valence-corrected chi connectivity index (χ1v) is 39.8. The van der Waals surface area contributed by atoms with Gasteiger partial charge in [-0.15, -0.1) is 0 Å². The zero-order valence-corrected chi connectivity index (χ0v) is 60.4. The monoisotopic (exact) mass is 1330 g/mol. The van der Waals surface area contributed by atoms with Gasteiger partial charge >= 0.3 is 39.5 Å². The van der Waals surface area contributed by atoms with Crippen molar-refractivity contribution in [1.82, 2.24) is 0 Å². The molecule has 0 aliphatic carbocycles. The molecule has 0 saturated heterocycles. The summed E-state index contributed by atoms with van der Waals surface area (Å²) in [6, 6.07) is 0. The molecular formula is C72H136O17P2. The van der Waals surface area contributed by atoms with E-state index in [2.05, 4.69) is 65.8 Å². The molecule has 0 aromatic carbocycles. The van der Waals surface area contributed by atoms with Crippen molar-refractivity contribution in [3.8, 4) is 0 Å². The van der Waals surface area contributed by atoms with E-state index in [1.165, 1.54) is 135 Å². The zero-order valence-electron chi connectivity index (χ0n) is 58.6. The standard InChI is InChI=1S/C72H136O17P2/c1-7-9-11-13-15-16-17-18-19-20-27-32-38-44-50-56-71(76)89-68(61-83-70(75)55-49-43-37-31-26-22-21-24-29-35-40-46-52-64(3)4)63-87-91(80,81)85-59-66(73)58-84-90(78,79)86-62-67(60-82-69(74)54-48-42-34-14-12-10-8-2)88-72(77)57-51-45-39-33-28-23-25-30-36-41-47-53-65(5)6/h16-19,64-68,73H,7-15,20-63H2,1-6H3,(H,78,79)(H,80,81)/b17-16-,19-18-/t66-,67+,68+/m0/s1. The molecule has 0 aromatic heterocycles. The van der Waals surface area contributed by atoms with Crippen LogP contribution in [0, 0.1) is 11.8 Å². The van der Waals surface area contributed by atoms with E-state index in [0.29, 0.717) is 25.7 Å². The van der Waals surface area contributed by atoms with Gasteiger partial charge in [-0.3, -0.25) is 37.3 Å². The van der Waals surface area contributed by atoms with Crippen LogP contribution in [-0.2, 0) is 65.4 Å². The third-order valence-electron chi connectivity index (χ3n) is 16.1. The first kappa shape index (κ1) is 88.5. The minimum atomic E-state index is -4.96. The minimum absolute atomic E-state index is 0.0849. The smallest absolute Gasteiger partial charge is 0.462 e. The SMILES string of the molecule is CCCCCC/C=C\C=C/CCCCCCCC(=O)O[C@H](COC(=O)CCCCCCCCCCCCCCC(C)C)COP(=O)(O)OC[C@@H](O)COP(=O)(O)OC[C@@H](COC(=O)CCCCCCCCC)OC(=O)CCCCCCCCCCCCCC(C)C. The molecule has 0 spiro atoms. The van der Waals surface area contributed by atoms with Crippen molar-refractivity contribution in [2.75, 3.05) is 39.6 Å². The summed E-state index contributed by atoms with van der Waals surface area (Å²) in [5.41, 5.74) is 0. The molecule has 0 saturated carbocycles. The van der Waals surface area contributed by atoms with Crippen LogP contribution >= 0.6 is 15.6 Å². The van der Waals surface area contributed by atoms with E-state index in [4.69, 9.17) is 37.0 Å². The van der Waals surface area contributed by atoms with Gasteiger partial charge in [0.15, 0.2) is 12.2 Å². The Balaban J connectivity index is 5.25. The van der Waals surface area contributed by atoms with Crippen molar-refractivity contribution >= 4 is 39.5 Å². The highest BCUT2D eigenvalue weighted by Gasteiger charge is 2.30. The van der Waals surface area contributed by atoms with E-state index < -0.39 is 97.5 Å². The van der Waals surface area contributed by atoms with Crippen molar-refractivity contribution < 1.29 is 80.2 Å². The van der Waals surface area contributed by atoms with Crippen LogP contribution in [0.25, 0.3) is 0 Å². The van der Waals surface area contributed by atoms with Crippen LogP contribution in [0.2, 0.25) is 0 Å². The lowest BCUT2D eigenvalue weighted by Crippen LogP contribution is -2.30. The number of carbonyl (C=O) groups is 4. The number of phosphoric acid groups is 2. The summed E-state index contributed by atoms with van der Waals surface area (Å²) in [4.78, 5) is 72.5. The number of aliphatic hydroxyl groups excluding tert-OH is 1. The number of unbranched alkanes of at least 4 members (excludes halogenated alkanes) is 36. The summed E-state index contributed by atoms with van der Waals surface area (Å²) in [7, 11) is -9.91. The molecule has 5 atom stereocenters. The van der Waals surface area contributed by atoms with Crippen molar-refractivity contribution in [3.63, 3.8) is 0 Å². The van der Waals surface area contributed by atoms with Gasteiger partial charge in [0, 0.05) is 25.7 Å². The van der Waals surface area contributed by atoms with Crippen LogP contribution in [0.5, 0.6) is 0 Å². The predicted octanol–water partition coefficient (Wildman–Crippen LogP) is 20.3. The molecule has 0 amide bonds. The molecule has 0 heterocycles. The summed E-state index contributed by atoms with van der Waals surface area (Å²) in [6.45, 7) is 9.47.